The summed E-state index contributed by atoms with van der Waals surface area (Å²) in [4.78, 5) is 0. The molecule has 2 aromatic carbocycles. The van der Waals surface area contributed by atoms with E-state index in [2.05, 4.69) is 16.8 Å². The first-order chi connectivity index (χ1) is 10.4. The molecule has 0 aliphatic carbocycles. The number of rotatable bonds is 8. The Morgan fingerprint density at radius 3 is 2.19 bits per heavy atom. The van der Waals surface area contributed by atoms with Crippen LogP contribution in [0, 0.1) is 0 Å². The van der Waals surface area contributed by atoms with Crippen LogP contribution in [-0.2, 0) is 0 Å². The van der Waals surface area contributed by atoms with Gasteiger partial charge in [0.25, 0.3) is 0 Å². The van der Waals surface area contributed by atoms with Gasteiger partial charge in [-0.1, -0.05) is 24.3 Å². The summed E-state index contributed by atoms with van der Waals surface area (Å²) < 4.78 is 5.66. The molecule has 0 atom stereocenters. The third-order valence-corrected chi connectivity index (χ3v) is 2.95. The van der Waals surface area contributed by atoms with Crippen LogP contribution < -0.4 is 4.74 Å². The van der Waals surface area contributed by atoms with Crippen molar-refractivity contribution in [3.05, 3.63) is 67.3 Å². The summed E-state index contributed by atoms with van der Waals surface area (Å²) in [5.41, 5.74) is 1.66. The Kier molecular flexibility index (Phi) is 6.20. The Morgan fingerprint density at radius 2 is 1.52 bits per heavy atom. The Bertz CT molecular complexity index is 562. The van der Waals surface area contributed by atoms with E-state index in [4.69, 9.17) is 4.74 Å². The maximum atomic E-state index is 5.66. The lowest BCUT2D eigenvalue weighted by Gasteiger charge is -2.05. The highest BCUT2D eigenvalue weighted by atomic mass is 16.5. The van der Waals surface area contributed by atoms with Crippen LogP contribution in [0.3, 0.4) is 0 Å². The number of benzene rings is 2. The van der Waals surface area contributed by atoms with Crippen molar-refractivity contribution >= 4 is 11.4 Å². The molecule has 3 nitrogen and oxygen atoms in total. The highest BCUT2D eigenvalue weighted by molar-refractivity contribution is 5.42. The largest absolute Gasteiger partial charge is 0.494 e. The minimum Gasteiger partial charge on any atom is -0.494 e. The molecule has 0 aliphatic heterocycles. The van der Waals surface area contributed by atoms with E-state index in [1.807, 2.05) is 60.7 Å². The average Bonchev–Trinajstić information content (AvgIpc) is 2.55. The van der Waals surface area contributed by atoms with E-state index < -0.39 is 0 Å². The van der Waals surface area contributed by atoms with Crippen LogP contribution in [0.4, 0.5) is 11.4 Å². The molecule has 0 aromatic heterocycles. The Hall–Kier alpha value is -2.42. The molecule has 0 fully saturated rings. The van der Waals surface area contributed by atoms with Crippen LogP contribution in [0.2, 0.25) is 0 Å². The zero-order chi connectivity index (χ0) is 14.8. The van der Waals surface area contributed by atoms with Crippen LogP contribution in [0.1, 0.15) is 19.3 Å². The SMILES string of the molecule is C=CCCCCOc1ccc(N=Nc2ccccc2)cc1. The number of unbranched alkanes of at least 4 members (excludes halogenated alkanes) is 2. The van der Waals surface area contributed by atoms with E-state index in [0.717, 1.165) is 43.0 Å². The van der Waals surface area contributed by atoms with Gasteiger partial charge in [0.15, 0.2) is 0 Å². The molecule has 0 bridgehead atoms. The lowest BCUT2D eigenvalue weighted by molar-refractivity contribution is 0.307. The molecule has 21 heavy (non-hydrogen) atoms. The minimum atomic E-state index is 0.735. The highest BCUT2D eigenvalue weighted by Gasteiger charge is 1.95. The number of ether oxygens (including phenoxy) is 1. The number of hydrogen-bond acceptors (Lipinski definition) is 3. The van der Waals surface area contributed by atoms with Gasteiger partial charge in [-0.2, -0.15) is 10.2 Å². The zero-order valence-electron chi connectivity index (χ0n) is 12.1. The van der Waals surface area contributed by atoms with Gasteiger partial charge in [-0.05, 0) is 55.7 Å². The van der Waals surface area contributed by atoms with Gasteiger partial charge in [0.2, 0.25) is 0 Å². The van der Waals surface area contributed by atoms with Crippen molar-refractivity contribution in [1.82, 2.24) is 0 Å². The first-order valence-electron chi connectivity index (χ1n) is 7.19. The summed E-state index contributed by atoms with van der Waals surface area (Å²) in [5.74, 6) is 0.868. The Labute approximate surface area is 126 Å². The van der Waals surface area contributed by atoms with Gasteiger partial charge in [-0.3, -0.25) is 0 Å². The fraction of sp³-hybridized carbons (Fsp3) is 0.222. The highest BCUT2D eigenvalue weighted by Crippen LogP contribution is 2.21. The van der Waals surface area contributed by atoms with Gasteiger partial charge < -0.3 is 4.74 Å². The first-order valence-corrected chi connectivity index (χ1v) is 7.19. The van der Waals surface area contributed by atoms with Crippen LogP contribution in [0.15, 0.2) is 77.5 Å². The number of azo groups is 1. The summed E-state index contributed by atoms with van der Waals surface area (Å²) in [6.45, 7) is 4.44. The lowest BCUT2D eigenvalue weighted by atomic mass is 10.2. The van der Waals surface area contributed by atoms with Crippen LogP contribution in [-0.4, -0.2) is 6.61 Å². The summed E-state index contributed by atoms with van der Waals surface area (Å²) in [5, 5.41) is 8.37. The van der Waals surface area contributed by atoms with Gasteiger partial charge in [-0.15, -0.1) is 6.58 Å². The second kappa shape index (κ2) is 8.69. The molecule has 0 unspecified atom stereocenters. The second-order valence-corrected chi connectivity index (χ2v) is 4.66. The molecule has 0 aliphatic rings. The molecular weight excluding hydrogens is 260 g/mol. The topological polar surface area (TPSA) is 34.0 Å². The van der Waals surface area contributed by atoms with Crippen molar-refractivity contribution in [2.75, 3.05) is 6.61 Å². The molecule has 0 saturated carbocycles. The van der Waals surface area contributed by atoms with Crippen molar-refractivity contribution in [1.29, 1.82) is 0 Å². The van der Waals surface area contributed by atoms with Gasteiger partial charge in [0.1, 0.15) is 5.75 Å². The van der Waals surface area contributed by atoms with E-state index >= 15 is 0 Å². The van der Waals surface area contributed by atoms with E-state index in [-0.39, 0.29) is 0 Å². The van der Waals surface area contributed by atoms with Gasteiger partial charge >= 0.3 is 0 Å². The third-order valence-electron chi connectivity index (χ3n) is 2.95. The Balaban J connectivity index is 1.81. The molecule has 0 saturated heterocycles. The molecule has 3 heteroatoms. The fourth-order valence-corrected chi connectivity index (χ4v) is 1.80. The van der Waals surface area contributed by atoms with E-state index in [0.29, 0.717) is 0 Å². The minimum absolute atomic E-state index is 0.735. The summed E-state index contributed by atoms with van der Waals surface area (Å²) in [6.07, 6.45) is 5.14. The molecule has 0 heterocycles. The number of hydrogen-bond donors (Lipinski definition) is 0. The summed E-state index contributed by atoms with van der Waals surface area (Å²) >= 11 is 0. The monoisotopic (exact) mass is 280 g/mol. The van der Waals surface area contributed by atoms with Gasteiger partial charge in [0.05, 0.1) is 18.0 Å². The number of nitrogens with zero attached hydrogens (tertiary/aromatic N) is 2. The molecule has 0 N–H and O–H groups in total. The molecule has 0 spiro atoms. The van der Waals surface area contributed by atoms with Crippen molar-refractivity contribution in [2.24, 2.45) is 10.2 Å². The Morgan fingerprint density at radius 1 is 0.857 bits per heavy atom. The second-order valence-electron chi connectivity index (χ2n) is 4.66. The van der Waals surface area contributed by atoms with E-state index in [1.165, 1.54) is 0 Å². The predicted octanol–water partition coefficient (Wildman–Crippen LogP) is 5.84. The molecule has 0 radical (unpaired) electrons. The van der Waals surface area contributed by atoms with E-state index in [9.17, 15) is 0 Å². The smallest absolute Gasteiger partial charge is 0.119 e. The molecule has 2 aromatic rings. The van der Waals surface area contributed by atoms with Crippen LogP contribution in [0.5, 0.6) is 5.75 Å². The standard InChI is InChI=1S/C18H20N2O/c1-2-3-4-8-15-21-18-13-11-17(12-14-18)20-19-16-9-6-5-7-10-16/h2,5-7,9-14H,1,3-4,8,15H2. The zero-order valence-corrected chi connectivity index (χ0v) is 12.1. The summed E-state index contributed by atoms with van der Waals surface area (Å²) in [7, 11) is 0. The third kappa shape index (κ3) is 5.61. The molecular formula is C18H20N2O. The quantitative estimate of drug-likeness (QED) is 0.340. The van der Waals surface area contributed by atoms with Crippen LogP contribution >= 0.6 is 0 Å². The van der Waals surface area contributed by atoms with Gasteiger partial charge in [-0.25, -0.2) is 0 Å². The lowest BCUT2D eigenvalue weighted by Crippen LogP contribution is -1.96. The van der Waals surface area contributed by atoms with Crippen LogP contribution in [0.25, 0.3) is 0 Å². The van der Waals surface area contributed by atoms with Gasteiger partial charge in [0, 0.05) is 0 Å². The van der Waals surface area contributed by atoms with Crippen molar-refractivity contribution < 1.29 is 4.74 Å². The maximum absolute atomic E-state index is 5.66. The van der Waals surface area contributed by atoms with Crippen molar-refractivity contribution in [3.63, 3.8) is 0 Å². The van der Waals surface area contributed by atoms with Crippen molar-refractivity contribution in [3.8, 4) is 5.75 Å². The fourth-order valence-electron chi connectivity index (χ4n) is 1.80. The molecule has 2 rings (SSSR count). The average molecular weight is 280 g/mol. The van der Waals surface area contributed by atoms with E-state index in [1.54, 1.807) is 0 Å². The first kappa shape index (κ1) is 15.0. The predicted molar refractivity (Wildman–Crippen MR) is 86.6 cm³/mol. The maximum Gasteiger partial charge on any atom is 0.119 e. The normalized spacial score (nSPS) is 10.7. The van der Waals surface area contributed by atoms with Crippen molar-refractivity contribution in [2.45, 2.75) is 19.3 Å². The number of allylic oxidation sites excluding steroid dienone is 1. The molecule has 108 valence electrons. The molecule has 0 amide bonds. The summed E-state index contributed by atoms with van der Waals surface area (Å²) in [6, 6.07) is 17.3.